The molecule has 1 amide bonds. The smallest absolute Gasteiger partial charge is 0.237 e. The van der Waals surface area contributed by atoms with Crippen LogP contribution in [0.2, 0.25) is 0 Å². The van der Waals surface area contributed by atoms with E-state index in [1.165, 1.54) is 4.90 Å². The van der Waals surface area contributed by atoms with Gasteiger partial charge in [0.1, 0.15) is 5.88 Å². The third-order valence-electron chi connectivity index (χ3n) is 1.21. The second-order valence-corrected chi connectivity index (χ2v) is 2.23. The van der Waals surface area contributed by atoms with E-state index in [2.05, 4.69) is 0 Å². The number of hydrogen-bond acceptors (Lipinski definition) is 3. The van der Waals surface area contributed by atoms with Gasteiger partial charge < -0.3 is 15.1 Å². The fourth-order valence-electron chi connectivity index (χ4n) is 0.687. The number of aliphatic hydroxyl groups excluding tert-OH is 2. The first-order valence-corrected chi connectivity index (χ1v) is 3.85. The van der Waals surface area contributed by atoms with Gasteiger partial charge in [-0.15, -0.1) is 11.6 Å². The molecule has 0 radical (unpaired) electrons. The number of carbonyl (C=O) groups is 1. The number of carbonyl (C=O) groups excluding carboxylic acids is 1. The molecule has 0 saturated carbocycles. The molecular weight excluding hydrogens is 170 g/mol. The van der Waals surface area contributed by atoms with Crippen molar-refractivity contribution in [3.63, 3.8) is 0 Å². The number of halogens is 1. The van der Waals surface area contributed by atoms with E-state index in [-0.39, 0.29) is 38.1 Å². The molecule has 0 saturated heterocycles. The Morgan fingerprint density at radius 1 is 1.27 bits per heavy atom. The molecule has 5 heteroatoms. The Hall–Kier alpha value is -0.320. The molecule has 0 aliphatic rings. The molecule has 0 heterocycles. The first-order chi connectivity index (χ1) is 5.26. The summed E-state index contributed by atoms with van der Waals surface area (Å²) in [6, 6.07) is 0. The maximum absolute atomic E-state index is 10.9. The molecule has 11 heavy (non-hydrogen) atoms. The zero-order valence-electron chi connectivity index (χ0n) is 6.16. The lowest BCUT2D eigenvalue weighted by atomic mass is 10.4. The molecule has 0 aromatic rings. The zero-order valence-corrected chi connectivity index (χ0v) is 6.92. The van der Waals surface area contributed by atoms with Gasteiger partial charge in [0.2, 0.25) is 5.91 Å². The molecule has 0 aromatic heterocycles. The van der Waals surface area contributed by atoms with Crippen molar-refractivity contribution in [2.75, 3.05) is 32.2 Å². The van der Waals surface area contributed by atoms with E-state index in [0.29, 0.717) is 0 Å². The highest BCUT2D eigenvalue weighted by atomic mass is 35.5. The maximum Gasteiger partial charge on any atom is 0.237 e. The monoisotopic (exact) mass is 181 g/mol. The van der Waals surface area contributed by atoms with Crippen molar-refractivity contribution in [3.05, 3.63) is 0 Å². The lowest BCUT2D eigenvalue weighted by Gasteiger charge is -2.18. The topological polar surface area (TPSA) is 60.8 Å². The highest BCUT2D eigenvalue weighted by Gasteiger charge is 2.09. The molecule has 0 rings (SSSR count). The highest BCUT2D eigenvalue weighted by molar-refractivity contribution is 6.27. The van der Waals surface area contributed by atoms with Crippen LogP contribution in [0.25, 0.3) is 0 Å². The van der Waals surface area contributed by atoms with Crippen molar-refractivity contribution in [1.29, 1.82) is 0 Å². The number of alkyl halides is 1. The van der Waals surface area contributed by atoms with Crippen LogP contribution in [0.4, 0.5) is 0 Å². The Morgan fingerprint density at radius 3 is 2.00 bits per heavy atom. The second-order valence-electron chi connectivity index (χ2n) is 1.96. The normalized spacial score (nSPS) is 9.73. The second kappa shape index (κ2) is 6.39. The Morgan fingerprint density at radius 2 is 1.73 bits per heavy atom. The van der Waals surface area contributed by atoms with Crippen LogP contribution in [-0.2, 0) is 4.79 Å². The van der Waals surface area contributed by atoms with E-state index in [0.717, 1.165) is 0 Å². The van der Waals surface area contributed by atoms with Gasteiger partial charge in [-0.05, 0) is 0 Å². The van der Waals surface area contributed by atoms with Crippen molar-refractivity contribution < 1.29 is 15.0 Å². The fourth-order valence-corrected chi connectivity index (χ4v) is 0.856. The number of rotatable bonds is 5. The number of hydrogen-bond donors (Lipinski definition) is 2. The largest absolute Gasteiger partial charge is 0.395 e. The minimum atomic E-state index is -0.269. The minimum absolute atomic E-state index is 0.109. The lowest BCUT2D eigenvalue weighted by molar-refractivity contribution is -0.129. The van der Waals surface area contributed by atoms with E-state index >= 15 is 0 Å². The molecule has 0 unspecified atom stereocenters. The van der Waals surface area contributed by atoms with Gasteiger partial charge in [0.15, 0.2) is 0 Å². The predicted octanol–water partition coefficient (Wildman–Crippen LogP) is -0.962. The Balaban J connectivity index is 3.76. The molecule has 0 atom stereocenters. The van der Waals surface area contributed by atoms with Crippen molar-refractivity contribution in [2.45, 2.75) is 0 Å². The highest BCUT2D eigenvalue weighted by Crippen LogP contribution is 1.90. The van der Waals surface area contributed by atoms with Crippen LogP contribution in [0, 0.1) is 0 Å². The summed E-state index contributed by atoms with van der Waals surface area (Å²) in [5, 5.41) is 17.0. The van der Waals surface area contributed by atoms with Gasteiger partial charge in [0.05, 0.1) is 13.2 Å². The number of nitrogens with zero attached hydrogens (tertiary/aromatic N) is 1. The summed E-state index contributed by atoms with van der Waals surface area (Å²) in [6.07, 6.45) is 0. The summed E-state index contributed by atoms with van der Waals surface area (Å²) in [7, 11) is 0. The molecule has 0 aliphatic heterocycles. The minimum Gasteiger partial charge on any atom is -0.395 e. The average Bonchev–Trinajstić information content (AvgIpc) is 2.03. The van der Waals surface area contributed by atoms with Gasteiger partial charge in [0, 0.05) is 13.1 Å². The fraction of sp³-hybridized carbons (Fsp3) is 0.833. The van der Waals surface area contributed by atoms with Crippen LogP contribution in [0.5, 0.6) is 0 Å². The van der Waals surface area contributed by atoms with E-state index in [1.54, 1.807) is 0 Å². The third kappa shape index (κ3) is 4.19. The first-order valence-electron chi connectivity index (χ1n) is 3.31. The number of amides is 1. The average molecular weight is 182 g/mol. The predicted molar refractivity (Wildman–Crippen MR) is 41.5 cm³/mol. The molecule has 0 aliphatic carbocycles. The maximum atomic E-state index is 10.9. The molecule has 2 N–H and O–H groups in total. The summed E-state index contributed by atoms with van der Waals surface area (Å²) in [5.41, 5.74) is 0. The zero-order chi connectivity index (χ0) is 8.69. The Bertz CT molecular complexity index is 114. The van der Waals surface area contributed by atoms with Crippen molar-refractivity contribution in [3.8, 4) is 0 Å². The van der Waals surface area contributed by atoms with E-state index in [4.69, 9.17) is 21.8 Å². The van der Waals surface area contributed by atoms with Crippen LogP contribution in [-0.4, -0.2) is 53.2 Å². The van der Waals surface area contributed by atoms with Gasteiger partial charge in [-0.2, -0.15) is 0 Å². The Labute approximate surface area is 70.4 Å². The molecule has 66 valence electrons. The van der Waals surface area contributed by atoms with Gasteiger partial charge >= 0.3 is 0 Å². The number of aliphatic hydroxyl groups is 2. The lowest BCUT2D eigenvalue weighted by Crippen LogP contribution is -2.36. The van der Waals surface area contributed by atoms with Crippen LogP contribution >= 0.6 is 11.6 Å². The van der Waals surface area contributed by atoms with Gasteiger partial charge in [-0.3, -0.25) is 4.79 Å². The Kier molecular flexibility index (Phi) is 6.21. The van der Waals surface area contributed by atoms with Crippen LogP contribution in [0.1, 0.15) is 0 Å². The molecule has 0 aromatic carbocycles. The quantitative estimate of drug-likeness (QED) is 0.537. The summed E-state index contributed by atoms with van der Waals surface area (Å²) in [5.74, 6) is -0.380. The van der Waals surface area contributed by atoms with Gasteiger partial charge in [0.25, 0.3) is 0 Å². The first kappa shape index (κ1) is 10.7. The van der Waals surface area contributed by atoms with Gasteiger partial charge in [-0.25, -0.2) is 0 Å². The molecule has 0 bridgehead atoms. The van der Waals surface area contributed by atoms with Crippen LogP contribution in [0.15, 0.2) is 0 Å². The molecule has 0 spiro atoms. The van der Waals surface area contributed by atoms with Crippen molar-refractivity contribution >= 4 is 17.5 Å². The van der Waals surface area contributed by atoms with E-state index < -0.39 is 0 Å². The standard InChI is InChI=1S/C6H12ClNO3/c7-5-6(11)8(1-3-9)2-4-10/h9-10H,1-5H2. The SMILES string of the molecule is O=C(CCl)N(CCO)CCO. The van der Waals surface area contributed by atoms with E-state index in [1.807, 2.05) is 0 Å². The van der Waals surface area contributed by atoms with Crippen molar-refractivity contribution in [1.82, 2.24) is 4.90 Å². The van der Waals surface area contributed by atoms with Crippen LogP contribution in [0.3, 0.4) is 0 Å². The summed E-state index contributed by atoms with van der Waals surface area (Å²) >= 11 is 5.26. The van der Waals surface area contributed by atoms with Gasteiger partial charge in [-0.1, -0.05) is 0 Å². The summed E-state index contributed by atoms with van der Waals surface area (Å²) in [6.45, 7) is 0.240. The van der Waals surface area contributed by atoms with E-state index in [9.17, 15) is 4.79 Å². The molecule has 4 nitrogen and oxygen atoms in total. The molecular formula is C6H12ClNO3. The van der Waals surface area contributed by atoms with Crippen LogP contribution < -0.4 is 0 Å². The molecule has 0 fully saturated rings. The summed E-state index contributed by atoms with van der Waals surface area (Å²) in [4.78, 5) is 12.2. The summed E-state index contributed by atoms with van der Waals surface area (Å²) < 4.78 is 0. The third-order valence-corrected chi connectivity index (χ3v) is 1.44. The van der Waals surface area contributed by atoms with Crippen molar-refractivity contribution in [2.24, 2.45) is 0 Å².